The predicted molar refractivity (Wildman–Crippen MR) is 99.7 cm³/mol. The fourth-order valence-corrected chi connectivity index (χ4v) is 3.00. The first-order valence-electron chi connectivity index (χ1n) is 7.70. The molecular formula is C17H22BrN3OS. The topological polar surface area (TPSA) is 42.8 Å². The molecule has 0 aliphatic heterocycles. The highest BCUT2D eigenvalue weighted by Gasteiger charge is 2.07. The molecule has 0 aliphatic rings. The lowest BCUT2D eigenvalue weighted by atomic mass is 10.0. The Kier molecular flexibility index (Phi) is 6.59. The fourth-order valence-electron chi connectivity index (χ4n) is 2.26. The van der Waals surface area contributed by atoms with E-state index < -0.39 is 0 Å². The van der Waals surface area contributed by atoms with Crippen LogP contribution in [0.15, 0.2) is 35.3 Å². The van der Waals surface area contributed by atoms with Crippen LogP contribution < -0.4 is 4.74 Å². The molecule has 0 fully saturated rings. The van der Waals surface area contributed by atoms with Gasteiger partial charge in [0.2, 0.25) is 0 Å². The van der Waals surface area contributed by atoms with Crippen LogP contribution >= 0.6 is 28.1 Å². The van der Waals surface area contributed by atoms with Crippen LogP contribution in [0.5, 0.6) is 5.75 Å². The number of ether oxygens (including phenoxy) is 1. The maximum absolute atomic E-state index is 5.86. The molecule has 2 aromatic rings. The minimum Gasteiger partial charge on any atom is -0.492 e. The monoisotopic (exact) mass is 395 g/mol. The third-order valence-corrected chi connectivity index (χ3v) is 4.51. The average Bonchev–Trinajstić information content (AvgIpc) is 2.86. The van der Waals surface area contributed by atoms with Gasteiger partial charge in [0.15, 0.2) is 4.77 Å². The summed E-state index contributed by atoms with van der Waals surface area (Å²) in [6.07, 6.45) is 3.50. The van der Waals surface area contributed by atoms with Crippen molar-refractivity contribution in [2.45, 2.75) is 39.2 Å². The van der Waals surface area contributed by atoms with E-state index in [0.717, 1.165) is 28.9 Å². The highest BCUT2D eigenvalue weighted by atomic mass is 79.9. The number of nitrogens with one attached hydrogen (secondary N) is 1. The molecule has 1 aromatic carbocycles. The van der Waals surface area contributed by atoms with E-state index in [2.05, 4.69) is 58.7 Å². The Morgan fingerprint density at radius 2 is 2.26 bits per heavy atom. The van der Waals surface area contributed by atoms with Gasteiger partial charge in [-0.1, -0.05) is 26.0 Å². The van der Waals surface area contributed by atoms with Crippen LogP contribution in [0.25, 0.3) is 0 Å². The summed E-state index contributed by atoms with van der Waals surface area (Å²) in [7, 11) is 0. The molecule has 124 valence electrons. The van der Waals surface area contributed by atoms with Crippen molar-refractivity contribution in [3.05, 3.63) is 51.5 Å². The number of aryl methyl sites for hydroxylation is 1. The van der Waals surface area contributed by atoms with Gasteiger partial charge >= 0.3 is 0 Å². The summed E-state index contributed by atoms with van der Waals surface area (Å²) in [5, 5.41) is 7.09. The van der Waals surface area contributed by atoms with Crippen molar-refractivity contribution in [1.82, 2.24) is 14.8 Å². The summed E-state index contributed by atoms with van der Waals surface area (Å²) in [5.74, 6) is 2.32. The maximum atomic E-state index is 5.86. The zero-order chi connectivity index (χ0) is 16.8. The number of aromatic amines is 1. The van der Waals surface area contributed by atoms with Gasteiger partial charge in [-0.15, -0.1) is 6.58 Å². The number of rotatable bonds is 8. The van der Waals surface area contributed by atoms with E-state index in [4.69, 9.17) is 17.0 Å². The number of allylic oxidation sites excluding steroid dienone is 1. The smallest absolute Gasteiger partial charge is 0.195 e. The molecule has 23 heavy (non-hydrogen) atoms. The number of halogens is 1. The average molecular weight is 396 g/mol. The lowest BCUT2D eigenvalue weighted by Crippen LogP contribution is -2.06. The number of nitrogens with zero attached hydrogens (tertiary/aromatic N) is 2. The van der Waals surface area contributed by atoms with Crippen molar-refractivity contribution in [2.24, 2.45) is 0 Å². The molecule has 0 amide bonds. The minimum atomic E-state index is 0.507. The Labute approximate surface area is 150 Å². The molecule has 2 rings (SSSR count). The maximum Gasteiger partial charge on any atom is 0.195 e. The van der Waals surface area contributed by atoms with Crippen molar-refractivity contribution in [2.75, 3.05) is 6.61 Å². The summed E-state index contributed by atoms with van der Waals surface area (Å²) in [5.41, 5.74) is 1.30. The highest BCUT2D eigenvalue weighted by molar-refractivity contribution is 9.10. The van der Waals surface area contributed by atoms with Crippen molar-refractivity contribution >= 4 is 28.1 Å². The third-order valence-electron chi connectivity index (χ3n) is 3.57. The highest BCUT2D eigenvalue weighted by Crippen LogP contribution is 2.29. The molecule has 0 atom stereocenters. The molecule has 0 saturated heterocycles. The van der Waals surface area contributed by atoms with Gasteiger partial charge in [-0.3, -0.25) is 5.10 Å². The second kappa shape index (κ2) is 8.45. The van der Waals surface area contributed by atoms with Gasteiger partial charge in [-0.2, -0.15) is 5.10 Å². The van der Waals surface area contributed by atoms with E-state index in [-0.39, 0.29) is 0 Å². The van der Waals surface area contributed by atoms with Crippen LogP contribution in [0, 0.1) is 4.77 Å². The molecule has 4 nitrogen and oxygen atoms in total. The van der Waals surface area contributed by atoms with Gasteiger partial charge in [0, 0.05) is 13.0 Å². The molecule has 6 heteroatoms. The Hall–Kier alpha value is -1.40. The number of benzene rings is 1. The zero-order valence-electron chi connectivity index (χ0n) is 13.5. The molecule has 1 aromatic heterocycles. The van der Waals surface area contributed by atoms with E-state index in [0.29, 0.717) is 23.8 Å². The van der Waals surface area contributed by atoms with Crippen LogP contribution in [-0.4, -0.2) is 21.4 Å². The fraction of sp³-hybridized carbons (Fsp3) is 0.412. The Balaban J connectivity index is 1.88. The Morgan fingerprint density at radius 1 is 1.48 bits per heavy atom. The van der Waals surface area contributed by atoms with Gasteiger partial charge in [0.05, 0.1) is 11.1 Å². The van der Waals surface area contributed by atoms with E-state index in [1.54, 1.807) is 0 Å². The van der Waals surface area contributed by atoms with Crippen molar-refractivity contribution < 1.29 is 4.74 Å². The summed E-state index contributed by atoms with van der Waals surface area (Å²) < 4.78 is 9.44. The Bertz CT molecular complexity index is 721. The van der Waals surface area contributed by atoms with Gasteiger partial charge in [0.1, 0.15) is 11.6 Å². The number of H-pyrrole nitrogens is 1. The lowest BCUT2D eigenvalue weighted by Gasteiger charge is -2.11. The van der Waals surface area contributed by atoms with Crippen LogP contribution in [0.3, 0.4) is 0 Å². The summed E-state index contributed by atoms with van der Waals surface area (Å²) in [6, 6.07) is 6.25. The first kappa shape index (κ1) is 17.9. The number of hydrogen-bond acceptors (Lipinski definition) is 3. The molecule has 0 saturated carbocycles. The second-order valence-electron chi connectivity index (χ2n) is 5.64. The summed E-state index contributed by atoms with van der Waals surface area (Å²) in [4.78, 5) is 0. The standard InChI is InChI=1S/C17H22BrN3OS/c1-4-9-21-16(19-20-17(21)23)6-5-10-22-15-8-7-13(12(2)3)11-14(15)18/h4,7-8,11-12H,1,5-6,9-10H2,2-3H3,(H,20,23). The van der Waals surface area contributed by atoms with Crippen LogP contribution in [-0.2, 0) is 13.0 Å². The molecule has 0 spiro atoms. The van der Waals surface area contributed by atoms with E-state index >= 15 is 0 Å². The van der Waals surface area contributed by atoms with Crippen molar-refractivity contribution in [1.29, 1.82) is 0 Å². The van der Waals surface area contributed by atoms with E-state index in [1.165, 1.54) is 5.56 Å². The number of aromatic nitrogens is 3. The first-order valence-corrected chi connectivity index (χ1v) is 8.90. The largest absolute Gasteiger partial charge is 0.492 e. The molecule has 0 unspecified atom stereocenters. The van der Waals surface area contributed by atoms with Gasteiger partial charge in [0.25, 0.3) is 0 Å². The number of hydrogen-bond donors (Lipinski definition) is 1. The zero-order valence-corrected chi connectivity index (χ0v) is 15.9. The van der Waals surface area contributed by atoms with Gasteiger partial charge < -0.3 is 9.30 Å². The molecule has 0 bridgehead atoms. The SMILES string of the molecule is C=CCn1c(CCCOc2ccc(C(C)C)cc2Br)n[nH]c1=S. The molecule has 0 aliphatic carbocycles. The minimum absolute atomic E-state index is 0.507. The quantitative estimate of drug-likeness (QED) is 0.387. The predicted octanol–water partition coefficient (Wildman–Crippen LogP) is 5.02. The summed E-state index contributed by atoms with van der Waals surface area (Å²) in [6.45, 7) is 9.41. The van der Waals surface area contributed by atoms with Crippen molar-refractivity contribution in [3.63, 3.8) is 0 Å². The first-order chi connectivity index (χ1) is 11.0. The van der Waals surface area contributed by atoms with Crippen LogP contribution in [0.4, 0.5) is 0 Å². The molecular weight excluding hydrogens is 374 g/mol. The second-order valence-corrected chi connectivity index (χ2v) is 6.88. The van der Waals surface area contributed by atoms with Crippen molar-refractivity contribution in [3.8, 4) is 5.75 Å². The van der Waals surface area contributed by atoms with E-state index in [9.17, 15) is 0 Å². The van der Waals surface area contributed by atoms with Gasteiger partial charge in [-0.25, -0.2) is 0 Å². The van der Waals surface area contributed by atoms with Crippen LogP contribution in [0.1, 0.15) is 37.6 Å². The molecule has 1 heterocycles. The third kappa shape index (κ3) is 4.78. The summed E-state index contributed by atoms with van der Waals surface area (Å²) >= 11 is 8.78. The lowest BCUT2D eigenvalue weighted by molar-refractivity contribution is 0.307. The Morgan fingerprint density at radius 3 is 2.91 bits per heavy atom. The van der Waals surface area contributed by atoms with Crippen LogP contribution in [0.2, 0.25) is 0 Å². The van der Waals surface area contributed by atoms with E-state index in [1.807, 2.05) is 16.7 Å². The molecule has 1 N–H and O–H groups in total. The van der Waals surface area contributed by atoms with Gasteiger partial charge in [-0.05, 0) is 58.2 Å². The molecule has 0 radical (unpaired) electrons. The normalized spacial score (nSPS) is 11.0.